The van der Waals surface area contributed by atoms with Crippen molar-refractivity contribution in [1.82, 2.24) is 4.98 Å². The molecule has 1 saturated heterocycles. The van der Waals surface area contributed by atoms with Crippen molar-refractivity contribution in [3.05, 3.63) is 87.9 Å². The van der Waals surface area contributed by atoms with Crippen LogP contribution in [-0.4, -0.2) is 21.8 Å². The lowest BCUT2D eigenvalue weighted by atomic mass is 9.95. The number of benzene rings is 2. The molecule has 27 heavy (non-hydrogen) atoms. The number of Topliss-reactive ketones (excluding diaryl/α,β-unsaturated/α-hetero) is 1. The van der Waals surface area contributed by atoms with E-state index >= 15 is 0 Å². The van der Waals surface area contributed by atoms with E-state index in [2.05, 4.69) is 4.98 Å². The monoisotopic (exact) mass is 396 g/mol. The molecular formula is C20H13ClN2O3S. The maximum atomic E-state index is 12.8. The Kier molecular flexibility index (Phi) is 4.51. The van der Waals surface area contributed by atoms with Gasteiger partial charge >= 0.3 is 5.91 Å². The molecule has 1 fully saturated rings. The van der Waals surface area contributed by atoms with Gasteiger partial charge in [0, 0.05) is 22.2 Å². The first-order valence-electron chi connectivity index (χ1n) is 8.09. The van der Waals surface area contributed by atoms with Crippen molar-refractivity contribution < 1.29 is 14.7 Å². The Labute approximate surface area is 164 Å². The molecule has 1 N–H and O–H groups in total. The van der Waals surface area contributed by atoms with Gasteiger partial charge in [-0.3, -0.25) is 14.5 Å². The molecule has 134 valence electrons. The van der Waals surface area contributed by atoms with Gasteiger partial charge in [-0.2, -0.15) is 0 Å². The van der Waals surface area contributed by atoms with Crippen LogP contribution in [0.25, 0.3) is 5.76 Å². The van der Waals surface area contributed by atoms with Gasteiger partial charge in [-0.05, 0) is 29.8 Å². The van der Waals surface area contributed by atoms with Crippen LogP contribution in [0.15, 0.2) is 71.7 Å². The van der Waals surface area contributed by atoms with E-state index in [-0.39, 0.29) is 11.3 Å². The lowest BCUT2D eigenvalue weighted by molar-refractivity contribution is -0.132. The van der Waals surface area contributed by atoms with Crippen LogP contribution >= 0.6 is 22.9 Å². The smallest absolute Gasteiger partial charge is 0.301 e. The highest BCUT2D eigenvalue weighted by atomic mass is 35.5. The number of aliphatic hydroxyl groups is 1. The third-order valence-electron chi connectivity index (χ3n) is 4.30. The van der Waals surface area contributed by atoms with E-state index in [9.17, 15) is 14.7 Å². The van der Waals surface area contributed by atoms with Gasteiger partial charge in [-0.15, -0.1) is 11.3 Å². The van der Waals surface area contributed by atoms with Gasteiger partial charge in [0.15, 0.2) is 5.13 Å². The topological polar surface area (TPSA) is 70.5 Å². The van der Waals surface area contributed by atoms with Gasteiger partial charge in [0.2, 0.25) is 0 Å². The molecule has 1 amide bonds. The van der Waals surface area contributed by atoms with Crippen LogP contribution in [0, 0.1) is 0 Å². The number of nitrogens with zero attached hydrogens (tertiary/aromatic N) is 2. The molecule has 1 unspecified atom stereocenters. The molecule has 2 aromatic carbocycles. The van der Waals surface area contributed by atoms with Crippen molar-refractivity contribution in [2.24, 2.45) is 0 Å². The van der Waals surface area contributed by atoms with Gasteiger partial charge in [0.05, 0.1) is 11.6 Å². The molecule has 2 heterocycles. The Bertz CT molecular complexity index is 1030. The molecule has 7 heteroatoms. The van der Waals surface area contributed by atoms with Crippen LogP contribution in [0.5, 0.6) is 0 Å². The zero-order chi connectivity index (χ0) is 19.0. The van der Waals surface area contributed by atoms with Crippen LogP contribution in [0.1, 0.15) is 17.2 Å². The Morgan fingerprint density at radius 2 is 1.78 bits per heavy atom. The average molecular weight is 397 g/mol. The number of carbonyl (C=O) groups is 2. The van der Waals surface area contributed by atoms with E-state index in [0.29, 0.717) is 21.3 Å². The van der Waals surface area contributed by atoms with Crippen LogP contribution in [0.2, 0.25) is 5.02 Å². The third kappa shape index (κ3) is 3.03. The molecule has 0 bridgehead atoms. The number of carbonyl (C=O) groups excluding carboxylic acids is 2. The second-order valence-electron chi connectivity index (χ2n) is 5.90. The maximum Gasteiger partial charge on any atom is 0.301 e. The van der Waals surface area contributed by atoms with Gasteiger partial charge in [0.1, 0.15) is 5.76 Å². The zero-order valence-electron chi connectivity index (χ0n) is 13.9. The molecule has 1 atom stereocenters. The van der Waals surface area contributed by atoms with E-state index < -0.39 is 17.7 Å². The minimum atomic E-state index is -0.756. The molecule has 5 nitrogen and oxygen atoms in total. The molecule has 1 aliphatic heterocycles. The molecule has 0 spiro atoms. The van der Waals surface area contributed by atoms with Crippen molar-refractivity contribution in [3.8, 4) is 0 Å². The van der Waals surface area contributed by atoms with Crippen molar-refractivity contribution in [2.45, 2.75) is 6.04 Å². The molecule has 3 aromatic rings. The summed E-state index contributed by atoms with van der Waals surface area (Å²) in [6.07, 6.45) is 1.57. The quantitative estimate of drug-likeness (QED) is 0.404. The van der Waals surface area contributed by atoms with E-state index in [1.807, 2.05) is 30.3 Å². The molecule has 4 rings (SSSR count). The Hall–Kier alpha value is -2.96. The minimum Gasteiger partial charge on any atom is -0.507 e. The molecule has 0 saturated carbocycles. The van der Waals surface area contributed by atoms with E-state index in [4.69, 9.17) is 11.6 Å². The number of rotatable bonds is 3. The van der Waals surface area contributed by atoms with Gasteiger partial charge in [0.25, 0.3) is 5.78 Å². The lowest BCUT2D eigenvalue weighted by Gasteiger charge is -2.22. The van der Waals surface area contributed by atoms with Crippen molar-refractivity contribution >= 4 is 45.5 Å². The minimum absolute atomic E-state index is 0.0312. The first kappa shape index (κ1) is 17.5. The summed E-state index contributed by atoms with van der Waals surface area (Å²) in [6, 6.07) is 14.8. The number of aliphatic hydroxyl groups excluding tert-OH is 1. The number of hydrogen-bond acceptors (Lipinski definition) is 5. The highest BCUT2D eigenvalue weighted by Gasteiger charge is 2.47. The van der Waals surface area contributed by atoms with Crippen molar-refractivity contribution in [3.63, 3.8) is 0 Å². The first-order chi connectivity index (χ1) is 13.1. The SMILES string of the molecule is O=C1C(=O)N(c2nccs2)C(c2ccccc2)/C1=C(/O)c1ccc(Cl)cc1. The lowest BCUT2D eigenvalue weighted by Crippen LogP contribution is -2.29. The summed E-state index contributed by atoms with van der Waals surface area (Å²) in [5.74, 6) is -1.70. The number of thiazole rings is 1. The number of halogens is 1. The zero-order valence-corrected chi connectivity index (χ0v) is 15.4. The van der Waals surface area contributed by atoms with Crippen LogP contribution in [-0.2, 0) is 9.59 Å². The third-order valence-corrected chi connectivity index (χ3v) is 5.33. The number of amides is 1. The Balaban J connectivity index is 1.93. The fourth-order valence-electron chi connectivity index (χ4n) is 3.08. The van der Waals surface area contributed by atoms with Gasteiger partial charge in [-0.25, -0.2) is 4.98 Å². The average Bonchev–Trinajstić information content (AvgIpc) is 3.30. The number of aromatic nitrogens is 1. The predicted molar refractivity (Wildman–Crippen MR) is 105 cm³/mol. The summed E-state index contributed by atoms with van der Waals surface area (Å²) >= 11 is 7.17. The summed E-state index contributed by atoms with van der Waals surface area (Å²) < 4.78 is 0. The number of ketones is 1. The molecule has 0 aliphatic carbocycles. The molecule has 0 radical (unpaired) electrons. The van der Waals surface area contributed by atoms with Gasteiger partial charge < -0.3 is 5.11 Å². The number of hydrogen-bond donors (Lipinski definition) is 1. The van der Waals surface area contributed by atoms with E-state index in [0.717, 1.165) is 0 Å². The molecule has 1 aromatic heterocycles. The first-order valence-corrected chi connectivity index (χ1v) is 9.35. The van der Waals surface area contributed by atoms with E-state index in [1.54, 1.807) is 35.8 Å². The fraction of sp³-hybridized carbons (Fsp3) is 0.0500. The summed E-state index contributed by atoms with van der Waals surface area (Å²) in [6.45, 7) is 0. The highest BCUT2D eigenvalue weighted by molar-refractivity contribution is 7.14. The van der Waals surface area contributed by atoms with Crippen LogP contribution < -0.4 is 4.90 Å². The van der Waals surface area contributed by atoms with E-state index in [1.165, 1.54) is 16.2 Å². The van der Waals surface area contributed by atoms with Crippen molar-refractivity contribution in [2.75, 3.05) is 4.90 Å². The summed E-state index contributed by atoms with van der Waals surface area (Å²) in [5.41, 5.74) is 1.16. The fourth-order valence-corrected chi connectivity index (χ4v) is 3.87. The largest absolute Gasteiger partial charge is 0.507 e. The summed E-state index contributed by atoms with van der Waals surface area (Å²) in [7, 11) is 0. The second kappa shape index (κ2) is 6.98. The summed E-state index contributed by atoms with van der Waals surface area (Å²) in [5, 5.41) is 13.5. The summed E-state index contributed by atoms with van der Waals surface area (Å²) in [4.78, 5) is 31.1. The normalized spacial score (nSPS) is 18.9. The second-order valence-corrected chi connectivity index (χ2v) is 7.21. The predicted octanol–water partition coefficient (Wildman–Crippen LogP) is 4.42. The van der Waals surface area contributed by atoms with Gasteiger partial charge in [-0.1, -0.05) is 41.9 Å². The Morgan fingerprint density at radius 1 is 1.07 bits per heavy atom. The number of anilines is 1. The van der Waals surface area contributed by atoms with Crippen LogP contribution in [0.3, 0.4) is 0 Å². The van der Waals surface area contributed by atoms with Crippen LogP contribution in [0.4, 0.5) is 5.13 Å². The highest BCUT2D eigenvalue weighted by Crippen LogP contribution is 2.42. The molecular weight excluding hydrogens is 384 g/mol. The molecule has 1 aliphatic rings. The standard InChI is InChI=1S/C20H13ClN2O3S/c21-14-8-6-13(7-9-14)17(24)15-16(12-4-2-1-3-5-12)23(19(26)18(15)25)20-22-10-11-27-20/h1-11,16,24H/b17-15-. The maximum absolute atomic E-state index is 12.8. The van der Waals surface area contributed by atoms with Crippen molar-refractivity contribution in [1.29, 1.82) is 0 Å². The Morgan fingerprint density at radius 3 is 2.41 bits per heavy atom.